The van der Waals surface area contributed by atoms with Crippen LogP contribution in [0.2, 0.25) is 0 Å². The van der Waals surface area contributed by atoms with Crippen LogP contribution in [0.1, 0.15) is 42.9 Å². The van der Waals surface area contributed by atoms with Crippen LogP contribution in [0.15, 0.2) is 41.3 Å². The minimum Gasteiger partial charge on any atom is -0.466 e. The molecule has 1 aromatic heterocycles. The molecule has 2 aromatic rings. The van der Waals surface area contributed by atoms with Gasteiger partial charge in [0.05, 0.1) is 19.1 Å². The summed E-state index contributed by atoms with van der Waals surface area (Å²) in [7, 11) is 0. The molecule has 0 amide bonds. The second-order valence-corrected chi connectivity index (χ2v) is 5.39. The molecule has 0 saturated carbocycles. The van der Waals surface area contributed by atoms with Gasteiger partial charge in [-0.25, -0.2) is 4.68 Å². The molecule has 0 saturated heterocycles. The molecular weight excluding hydrogens is 292 g/mol. The van der Waals surface area contributed by atoms with E-state index in [2.05, 4.69) is 5.10 Å². The minimum atomic E-state index is -0.548. The third kappa shape index (κ3) is 3.86. The molecular formula is C18H22N2O3. The Hall–Kier alpha value is -2.43. The number of hydrogen-bond donors (Lipinski definition) is 0. The van der Waals surface area contributed by atoms with Crippen molar-refractivity contribution in [3.05, 3.63) is 63.6 Å². The Morgan fingerprint density at radius 1 is 1.26 bits per heavy atom. The Balaban J connectivity index is 2.36. The fourth-order valence-corrected chi connectivity index (χ4v) is 2.55. The van der Waals surface area contributed by atoms with Gasteiger partial charge in [0.25, 0.3) is 5.56 Å². The van der Waals surface area contributed by atoms with E-state index in [0.29, 0.717) is 25.1 Å². The summed E-state index contributed by atoms with van der Waals surface area (Å²) in [6, 6.07) is 9.47. The van der Waals surface area contributed by atoms with E-state index in [1.807, 2.05) is 38.1 Å². The standard InChI is InChI=1S/C18H22N2O3/c1-4-15(18(22)23-5-2)16-10-11-19-20(17(16)21)12-14-9-7-6-8-13(14)3/h6-11,15H,4-5,12H2,1-3H3. The van der Waals surface area contributed by atoms with E-state index in [-0.39, 0.29) is 11.5 Å². The fraction of sp³-hybridized carbons (Fsp3) is 0.389. The van der Waals surface area contributed by atoms with Crippen LogP contribution in [-0.4, -0.2) is 22.4 Å². The molecule has 0 N–H and O–H groups in total. The number of carbonyl (C=O) groups is 1. The average Bonchev–Trinajstić information content (AvgIpc) is 2.54. The first-order chi connectivity index (χ1) is 11.1. The highest BCUT2D eigenvalue weighted by atomic mass is 16.5. The van der Waals surface area contributed by atoms with Crippen molar-refractivity contribution in [3.63, 3.8) is 0 Å². The number of aromatic nitrogens is 2. The highest BCUT2D eigenvalue weighted by Crippen LogP contribution is 2.17. The lowest BCUT2D eigenvalue weighted by molar-refractivity contribution is -0.145. The van der Waals surface area contributed by atoms with E-state index < -0.39 is 5.92 Å². The van der Waals surface area contributed by atoms with Crippen molar-refractivity contribution in [1.29, 1.82) is 0 Å². The SMILES string of the molecule is CCOC(=O)C(CC)c1ccnn(Cc2ccccc2C)c1=O. The lowest BCUT2D eigenvalue weighted by atomic mass is 9.98. The summed E-state index contributed by atoms with van der Waals surface area (Å²) in [5.41, 5.74) is 2.33. The second-order valence-electron chi connectivity index (χ2n) is 5.39. The lowest BCUT2D eigenvalue weighted by Crippen LogP contribution is -2.30. The van der Waals surface area contributed by atoms with Crippen LogP contribution in [0.5, 0.6) is 0 Å². The van der Waals surface area contributed by atoms with Crippen molar-refractivity contribution in [1.82, 2.24) is 9.78 Å². The summed E-state index contributed by atoms with van der Waals surface area (Å²) in [6.45, 7) is 6.31. The van der Waals surface area contributed by atoms with E-state index >= 15 is 0 Å². The highest BCUT2D eigenvalue weighted by Gasteiger charge is 2.23. The van der Waals surface area contributed by atoms with Gasteiger partial charge in [0.1, 0.15) is 0 Å². The van der Waals surface area contributed by atoms with Gasteiger partial charge in [-0.1, -0.05) is 31.2 Å². The van der Waals surface area contributed by atoms with Gasteiger partial charge in [-0.2, -0.15) is 5.10 Å². The summed E-state index contributed by atoms with van der Waals surface area (Å²) in [6.07, 6.45) is 2.08. The zero-order valence-electron chi connectivity index (χ0n) is 13.8. The molecule has 1 unspecified atom stereocenters. The summed E-state index contributed by atoms with van der Waals surface area (Å²) in [5, 5.41) is 4.15. The van der Waals surface area contributed by atoms with Crippen LogP contribution in [0, 0.1) is 6.92 Å². The zero-order valence-corrected chi connectivity index (χ0v) is 13.8. The topological polar surface area (TPSA) is 61.2 Å². The monoisotopic (exact) mass is 314 g/mol. The highest BCUT2D eigenvalue weighted by molar-refractivity contribution is 5.77. The molecule has 1 atom stereocenters. The molecule has 0 bridgehead atoms. The van der Waals surface area contributed by atoms with Crippen LogP contribution in [0.3, 0.4) is 0 Å². The van der Waals surface area contributed by atoms with Gasteiger partial charge in [0.2, 0.25) is 0 Å². The first kappa shape index (κ1) is 16.9. The number of benzene rings is 1. The minimum absolute atomic E-state index is 0.240. The maximum atomic E-state index is 12.7. The number of esters is 1. The van der Waals surface area contributed by atoms with Crippen molar-refractivity contribution in [3.8, 4) is 0 Å². The molecule has 122 valence electrons. The van der Waals surface area contributed by atoms with Crippen molar-refractivity contribution < 1.29 is 9.53 Å². The molecule has 0 aliphatic heterocycles. The molecule has 0 aliphatic carbocycles. The van der Waals surface area contributed by atoms with Crippen LogP contribution < -0.4 is 5.56 Å². The summed E-state index contributed by atoms with van der Waals surface area (Å²) >= 11 is 0. The third-order valence-electron chi connectivity index (χ3n) is 3.88. The number of hydrogen-bond acceptors (Lipinski definition) is 4. The molecule has 0 spiro atoms. The molecule has 5 heteroatoms. The summed E-state index contributed by atoms with van der Waals surface area (Å²) in [5.74, 6) is -0.908. The number of carbonyl (C=O) groups excluding carboxylic acids is 1. The van der Waals surface area contributed by atoms with E-state index in [4.69, 9.17) is 4.74 Å². The van der Waals surface area contributed by atoms with Gasteiger partial charge in [0.15, 0.2) is 0 Å². The largest absolute Gasteiger partial charge is 0.466 e. The Kier molecular flexibility index (Phi) is 5.68. The summed E-state index contributed by atoms with van der Waals surface area (Å²) in [4.78, 5) is 24.7. The van der Waals surface area contributed by atoms with E-state index in [0.717, 1.165) is 11.1 Å². The van der Waals surface area contributed by atoms with Crippen LogP contribution >= 0.6 is 0 Å². The van der Waals surface area contributed by atoms with Gasteiger partial charge in [-0.05, 0) is 37.5 Å². The predicted octanol–water partition coefficient (Wildman–Crippen LogP) is 2.66. The maximum absolute atomic E-state index is 12.7. The maximum Gasteiger partial charge on any atom is 0.313 e. The molecule has 1 aromatic carbocycles. The van der Waals surface area contributed by atoms with Crippen LogP contribution in [-0.2, 0) is 16.1 Å². The normalized spacial score (nSPS) is 12.0. The summed E-state index contributed by atoms with van der Waals surface area (Å²) < 4.78 is 6.48. The second kappa shape index (κ2) is 7.72. The number of nitrogens with zero attached hydrogens (tertiary/aromatic N) is 2. The fourth-order valence-electron chi connectivity index (χ4n) is 2.55. The first-order valence-corrected chi connectivity index (χ1v) is 7.85. The van der Waals surface area contributed by atoms with Crippen LogP contribution in [0.4, 0.5) is 0 Å². The molecule has 0 radical (unpaired) electrons. The molecule has 23 heavy (non-hydrogen) atoms. The van der Waals surface area contributed by atoms with E-state index in [1.54, 1.807) is 19.2 Å². The molecule has 5 nitrogen and oxygen atoms in total. The Labute approximate surface area is 135 Å². The van der Waals surface area contributed by atoms with Crippen molar-refractivity contribution in [2.45, 2.75) is 39.7 Å². The van der Waals surface area contributed by atoms with Gasteiger partial charge in [0, 0.05) is 11.8 Å². The number of aryl methyl sites for hydroxylation is 1. The van der Waals surface area contributed by atoms with Crippen molar-refractivity contribution >= 4 is 5.97 Å². The van der Waals surface area contributed by atoms with Gasteiger partial charge in [-0.15, -0.1) is 0 Å². The van der Waals surface area contributed by atoms with E-state index in [1.165, 1.54) is 4.68 Å². The van der Waals surface area contributed by atoms with Gasteiger partial charge >= 0.3 is 5.97 Å². The van der Waals surface area contributed by atoms with Crippen molar-refractivity contribution in [2.24, 2.45) is 0 Å². The molecule has 0 aliphatic rings. The number of rotatable bonds is 6. The average molecular weight is 314 g/mol. The third-order valence-corrected chi connectivity index (χ3v) is 3.88. The first-order valence-electron chi connectivity index (χ1n) is 7.85. The van der Waals surface area contributed by atoms with Crippen molar-refractivity contribution in [2.75, 3.05) is 6.61 Å². The zero-order chi connectivity index (χ0) is 16.8. The number of ether oxygens (including phenoxy) is 1. The van der Waals surface area contributed by atoms with E-state index in [9.17, 15) is 9.59 Å². The lowest BCUT2D eigenvalue weighted by Gasteiger charge is -2.15. The molecule has 0 fully saturated rings. The van der Waals surface area contributed by atoms with Crippen LogP contribution in [0.25, 0.3) is 0 Å². The quantitative estimate of drug-likeness (QED) is 0.769. The predicted molar refractivity (Wildman–Crippen MR) is 88.4 cm³/mol. The Morgan fingerprint density at radius 2 is 2.00 bits per heavy atom. The van der Waals surface area contributed by atoms with Gasteiger partial charge in [-0.3, -0.25) is 9.59 Å². The van der Waals surface area contributed by atoms with Gasteiger partial charge < -0.3 is 4.74 Å². The Bertz CT molecular complexity index is 737. The smallest absolute Gasteiger partial charge is 0.313 e. The molecule has 2 rings (SSSR count). The Morgan fingerprint density at radius 3 is 2.65 bits per heavy atom. The molecule has 1 heterocycles.